The van der Waals surface area contributed by atoms with Crippen molar-refractivity contribution in [3.05, 3.63) is 71.7 Å². The Balaban J connectivity index is 1.49. The van der Waals surface area contributed by atoms with E-state index in [1.165, 1.54) is 21.4 Å². The molecule has 0 spiro atoms. The van der Waals surface area contributed by atoms with Gasteiger partial charge >= 0.3 is 0 Å². The molecular weight excluding hydrogens is 388 g/mol. The van der Waals surface area contributed by atoms with Gasteiger partial charge < -0.3 is 9.88 Å². The minimum atomic E-state index is -3.77. The number of para-hydroxylation sites is 1. The lowest BCUT2D eigenvalue weighted by Crippen LogP contribution is -2.29. The number of aromatic nitrogens is 2. The van der Waals surface area contributed by atoms with Crippen LogP contribution < -0.4 is 9.62 Å². The molecule has 0 fully saturated rings. The first-order valence-electron chi connectivity index (χ1n) is 9.34. The number of nitrogens with one attached hydrogen (secondary N) is 1. The number of rotatable bonds is 5. The van der Waals surface area contributed by atoms with E-state index in [0.717, 1.165) is 22.4 Å². The standard InChI is InChI=1S/C21H22N4O3S/c1-15-7-8-18(16(2)11-15)23-20(26)12-24-13-21(22-14-24)29(27,28)25-10-9-17-5-3-4-6-19(17)25/h3-8,11,13-14H,9-10,12H2,1-2H3,(H,23,26). The van der Waals surface area contributed by atoms with Crippen LogP contribution in [0.4, 0.5) is 11.4 Å². The van der Waals surface area contributed by atoms with Crippen molar-refractivity contribution in [2.24, 2.45) is 0 Å². The average molecular weight is 410 g/mol. The Morgan fingerprint density at radius 2 is 1.97 bits per heavy atom. The highest BCUT2D eigenvalue weighted by atomic mass is 32.2. The molecule has 2 aromatic carbocycles. The van der Waals surface area contributed by atoms with Crippen molar-refractivity contribution in [1.82, 2.24) is 9.55 Å². The third-order valence-corrected chi connectivity index (χ3v) is 6.69. The van der Waals surface area contributed by atoms with Crippen LogP contribution in [-0.2, 0) is 27.8 Å². The van der Waals surface area contributed by atoms with Crippen LogP contribution in [0, 0.1) is 13.8 Å². The summed E-state index contributed by atoms with van der Waals surface area (Å²) < 4.78 is 28.9. The third kappa shape index (κ3) is 3.75. The summed E-state index contributed by atoms with van der Waals surface area (Å²) in [7, 11) is -3.77. The summed E-state index contributed by atoms with van der Waals surface area (Å²) in [6.07, 6.45) is 3.45. The summed E-state index contributed by atoms with van der Waals surface area (Å²) in [5, 5.41) is 2.79. The lowest BCUT2D eigenvalue weighted by Gasteiger charge is -2.17. The number of carbonyl (C=O) groups is 1. The Morgan fingerprint density at radius 1 is 1.17 bits per heavy atom. The molecule has 0 saturated carbocycles. The Bertz CT molecular complexity index is 1180. The molecule has 3 aromatic rings. The van der Waals surface area contributed by atoms with Crippen LogP contribution in [-0.4, -0.2) is 30.4 Å². The third-order valence-electron chi connectivity index (χ3n) is 4.99. The predicted octanol–water partition coefficient (Wildman–Crippen LogP) is 2.89. The molecule has 0 saturated heterocycles. The maximum absolute atomic E-state index is 13.0. The number of amides is 1. The second-order valence-electron chi connectivity index (χ2n) is 7.21. The molecule has 4 rings (SSSR count). The van der Waals surface area contributed by atoms with Gasteiger partial charge in [0.05, 0.1) is 12.0 Å². The van der Waals surface area contributed by atoms with Crippen molar-refractivity contribution in [2.75, 3.05) is 16.2 Å². The molecular formula is C21H22N4O3S. The normalized spacial score (nSPS) is 13.4. The summed E-state index contributed by atoms with van der Waals surface area (Å²) in [6.45, 7) is 4.29. The molecule has 8 heteroatoms. The zero-order valence-electron chi connectivity index (χ0n) is 16.3. The first-order chi connectivity index (χ1) is 13.8. The Labute approximate surface area is 170 Å². The Morgan fingerprint density at radius 3 is 2.76 bits per heavy atom. The number of hydrogen-bond acceptors (Lipinski definition) is 4. The molecule has 0 unspecified atom stereocenters. The summed E-state index contributed by atoms with van der Waals surface area (Å²) in [4.78, 5) is 16.4. The first kappa shape index (κ1) is 19.2. The van der Waals surface area contributed by atoms with E-state index in [1.807, 2.05) is 50.2 Å². The highest BCUT2D eigenvalue weighted by molar-refractivity contribution is 7.92. The number of benzene rings is 2. The van der Waals surface area contributed by atoms with Crippen molar-refractivity contribution in [3.63, 3.8) is 0 Å². The van der Waals surface area contributed by atoms with E-state index in [9.17, 15) is 13.2 Å². The number of sulfonamides is 1. The van der Waals surface area contributed by atoms with Crippen LogP contribution in [0.5, 0.6) is 0 Å². The number of fused-ring (bicyclic) bond motifs is 1. The van der Waals surface area contributed by atoms with Crippen LogP contribution in [0.1, 0.15) is 16.7 Å². The fraction of sp³-hybridized carbons (Fsp3) is 0.238. The zero-order chi connectivity index (χ0) is 20.6. The molecule has 1 aliphatic heterocycles. The van der Waals surface area contributed by atoms with Crippen molar-refractivity contribution in [1.29, 1.82) is 0 Å². The van der Waals surface area contributed by atoms with Gasteiger partial charge in [-0.15, -0.1) is 0 Å². The van der Waals surface area contributed by atoms with Crippen molar-refractivity contribution in [2.45, 2.75) is 31.8 Å². The number of aryl methyl sites for hydroxylation is 2. The smallest absolute Gasteiger partial charge is 0.283 e. The summed E-state index contributed by atoms with van der Waals surface area (Å²) in [5.74, 6) is -0.246. The summed E-state index contributed by atoms with van der Waals surface area (Å²) in [6, 6.07) is 13.2. The number of hydrogen-bond donors (Lipinski definition) is 1. The first-order valence-corrected chi connectivity index (χ1v) is 10.8. The largest absolute Gasteiger partial charge is 0.327 e. The van der Waals surface area contributed by atoms with Gasteiger partial charge in [-0.3, -0.25) is 9.10 Å². The van der Waals surface area contributed by atoms with E-state index in [4.69, 9.17) is 0 Å². The van der Waals surface area contributed by atoms with Gasteiger partial charge in [-0.05, 0) is 43.5 Å². The fourth-order valence-electron chi connectivity index (χ4n) is 3.54. The van der Waals surface area contributed by atoms with E-state index in [1.54, 1.807) is 6.07 Å². The van der Waals surface area contributed by atoms with Gasteiger partial charge in [0.25, 0.3) is 10.0 Å². The maximum atomic E-state index is 13.0. The van der Waals surface area contributed by atoms with Gasteiger partial charge in [-0.2, -0.15) is 8.42 Å². The molecule has 0 radical (unpaired) electrons. The highest BCUT2D eigenvalue weighted by Gasteiger charge is 2.32. The van der Waals surface area contributed by atoms with E-state index >= 15 is 0 Å². The molecule has 2 heterocycles. The predicted molar refractivity (Wildman–Crippen MR) is 111 cm³/mol. The van der Waals surface area contributed by atoms with Crippen LogP contribution >= 0.6 is 0 Å². The lowest BCUT2D eigenvalue weighted by atomic mass is 10.1. The van der Waals surface area contributed by atoms with Crippen LogP contribution in [0.15, 0.2) is 60.0 Å². The SMILES string of the molecule is Cc1ccc(NC(=O)Cn2cnc(S(=O)(=O)N3CCc4ccccc43)c2)c(C)c1. The molecule has 1 aromatic heterocycles. The van der Waals surface area contributed by atoms with Gasteiger partial charge in [0, 0.05) is 18.4 Å². The lowest BCUT2D eigenvalue weighted by molar-refractivity contribution is -0.116. The molecule has 0 aliphatic carbocycles. The number of anilines is 2. The molecule has 0 bridgehead atoms. The van der Waals surface area contributed by atoms with Gasteiger partial charge in [0.15, 0.2) is 5.03 Å². The van der Waals surface area contributed by atoms with Gasteiger partial charge in [-0.1, -0.05) is 35.9 Å². The average Bonchev–Trinajstić information content (AvgIpc) is 3.31. The molecule has 7 nitrogen and oxygen atoms in total. The number of imidazole rings is 1. The second-order valence-corrected chi connectivity index (χ2v) is 9.02. The van der Waals surface area contributed by atoms with Crippen LogP contribution in [0.25, 0.3) is 0 Å². The van der Waals surface area contributed by atoms with Crippen LogP contribution in [0.2, 0.25) is 0 Å². The molecule has 29 heavy (non-hydrogen) atoms. The Hall–Kier alpha value is -3.13. The van der Waals surface area contributed by atoms with E-state index in [2.05, 4.69) is 10.3 Å². The van der Waals surface area contributed by atoms with Crippen molar-refractivity contribution in [3.8, 4) is 0 Å². The number of nitrogens with zero attached hydrogens (tertiary/aromatic N) is 3. The van der Waals surface area contributed by atoms with E-state index < -0.39 is 10.0 Å². The Kier molecular flexibility index (Phi) is 4.87. The molecule has 1 N–H and O–H groups in total. The molecule has 1 aliphatic rings. The maximum Gasteiger partial charge on any atom is 0.283 e. The molecule has 1 amide bonds. The molecule has 150 valence electrons. The zero-order valence-corrected chi connectivity index (χ0v) is 17.1. The fourth-order valence-corrected chi connectivity index (χ4v) is 4.98. The van der Waals surface area contributed by atoms with E-state index in [-0.39, 0.29) is 17.5 Å². The number of carbonyl (C=O) groups excluding carboxylic acids is 1. The topological polar surface area (TPSA) is 84.3 Å². The monoisotopic (exact) mass is 410 g/mol. The molecule has 0 atom stereocenters. The van der Waals surface area contributed by atoms with Gasteiger partial charge in [0.2, 0.25) is 5.91 Å². The van der Waals surface area contributed by atoms with Gasteiger partial charge in [-0.25, -0.2) is 4.98 Å². The summed E-state index contributed by atoms with van der Waals surface area (Å²) in [5.41, 5.74) is 4.52. The second kappa shape index (κ2) is 7.36. The van der Waals surface area contributed by atoms with Crippen LogP contribution in [0.3, 0.4) is 0 Å². The quantitative estimate of drug-likeness (QED) is 0.701. The highest BCUT2D eigenvalue weighted by Crippen LogP contribution is 2.32. The van der Waals surface area contributed by atoms with E-state index in [0.29, 0.717) is 18.7 Å². The minimum Gasteiger partial charge on any atom is -0.327 e. The minimum absolute atomic E-state index is 0.0214. The van der Waals surface area contributed by atoms with Gasteiger partial charge in [0.1, 0.15) is 6.54 Å². The van der Waals surface area contributed by atoms with Crippen molar-refractivity contribution >= 4 is 27.3 Å². The summed E-state index contributed by atoms with van der Waals surface area (Å²) >= 11 is 0. The van der Waals surface area contributed by atoms with Crippen molar-refractivity contribution < 1.29 is 13.2 Å².